The summed E-state index contributed by atoms with van der Waals surface area (Å²) in [5.74, 6) is -0.815. The maximum Gasteiger partial charge on any atom is 0.261 e. The first kappa shape index (κ1) is 18.8. The predicted octanol–water partition coefficient (Wildman–Crippen LogP) is 2.58. The van der Waals surface area contributed by atoms with E-state index < -0.39 is 0 Å². The molecule has 6 heteroatoms. The van der Waals surface area contributed by atoms with E-state index in [1.165, 1.54) is 4.90 Å². The molecule has 2 heterocycles. The molecule has 0 saturated carbocycles. The van der Waals surface area contributed by atoms with Crippen LogP contribution in [0.3, 0.4) is 0 Å². The van der Waals surface area contributed by atoms with Gasteiger partial charge in [-0.25, -0.2) is 0 Å². The third kappa shape index (κ3) is 3.47. The van der Waals surface area contributed by atoms with Crippen LogP contribution in [0.4, 0.5) is 0 Å². The summed E-state index contributed by atoms with van der Waals surface area (Å²) in [6.07, 6.45) is 1.96. The molecule has 140 valence electrons. The van der Waals surface area contributed by atoms with Gasteiger partial charge in [0.15, 0.2) is 0 Å². The number of carbonyl (C=O) groups is 3. The average Bonchev–Trinajstić information content (AvgIpc) is 2.89. The number of aromatic nitrogens is 1. The molecule has 1 aromatic heterocycles. The molecule has 0 radical (unpaired) electrons. The van der Waals surface area contributed by atoms with E-state index in [1.807, 2.05) is 26.8 Å². The Balaban J connectivity index is 1.88. The second-order valence-corrected chi connectivity index (χ2v) is 7.61. The summed E-state index contributed by atoms with van der Waals surface area (Å²) in [5.41, 5.74) is 2.77. The third-order valence-corrected chi connectivity index (χ3v) is 4.71. The normalized spacial score (nSPS) is 13.7. The lowest BCUT2D eigenvalue weighted by Gasteiger charge is -2.21. The molecule has 0 atom stereocenters. The molecule has 1 N–H and O–H groups in total. The standard InChI is InChI=1S/C21H23N3O3/c1-21(2,3)17-11-13(16(12-23-17)18(25)22-4)9-10-24-19(26)14-7-5-6-8-15(14)20(24)27/h5-8,11-12H,9-10H2,1-4H3,(H,22,25). The van der Waals surface area contributed by atoms with Crippen molar-refractivity contribution in [3.63, 3.8) is 0 Å². The minimum atomic E-state index is -0.290. The topological polar surface area (TPSA) is 79.4 Å². The second-order valence-electron chi connectivity index (χ2n) is 7.61. The molecule has 1 aliphatic rings. The quantitative estimate of drug-likeness (QED) is 0.845. The van der Waals surface area contributed by atoms with Gasteiger partial charge in [0.2, 0.25) is 0 Å². The van der Waals surface area contributed by atoms with Crippen molar-refractivity contribution in [2.24, 2.45) is 0 Å². The number of benzene rings is 1. The summed E-state index contributed by atoms with van der Waals surface area (Å²) in [5, 5.41) is 2.61. The molecule has 2 aromatic rings. The van der Waals surface area contributed by atoms with Crippen molar-refractivity contribution in [1.82, 2.24) is 15.2 Å². The van der Waals surface area contributed by atoms with Crippen LogP contribution in [-0.2, 0) is 11.8 Å². The summed E-state index contributed by atoms with van der Waals surface area (Å²) < 4.78 is 0. The highest BCUT2D eigenvalue weighted by atomic mass is 16.2. The highest BCUT2D eigenvalue weighted by Gasteiger charge is 2.34. The fourth-order valence-electron chi connectivity index (χ4n) is 3.13. The maximum absolute atomic E-state index is 12.5. The van der Waals surface area contributed by atoms with Gasteiger partial charge in [-0.05, 0) is 30.2 Å². The second kappa shape index (κ2) is 6.95. The van der Waals surface area contributed by atoms with E-state index in [0.717, 1.165) is 11.3 Å². The average molecular weight is 365 g/mol. The first-order valence-electron chi connectivity index (χ1n) is 8.90. The van der Waals surface area contributed by atoms with Gasteiger partial charge < -0.3 is 5.32 Å². The van der Waals surface area contributed by atoms with E-state index in [9.17, 15) is 14.4 Å². The molecule has 1 aliphatic heterocycles. The Labute approximate surface area is 158 Å². The van der Waals surface area contributed by atoms with Crippen molar-refractivity contribution in [3.05, 3.63) is 64.5 Å². The fraction of sp³-hybridized carbons (Fsp3) is 0.333. The van der Waals surface area contributed by atoms with E-state index in [1.54, 1.807) is 37.5 Å². The molecule has 0 aliphatic carbocycles. The van der Waals surface area contributed by atoms with E-state index in [0.29, 0.717) is 23.1 Å². The van der Waals surface area contributed by atoms with Crippen molar-refractivity contribution >= 4 is 17.7 Å². The molecule has 0 unspecified atom stereocenters. The monoisotopic (exact) mass is 365 g/mol. The number of fused-ring (bicyclic) bond motifs is 1. The zero-order valence-corrected chi connectivity index (χ0v) is 16.0. The summed E-state index contributed by atoms with van der Waals surface area (Å²) in [4.78, 5) is 42.9. The lowest BCUT2D eigenvalue weighted by Crippen LogP contribution is -2.32. The number of rotatable bonds is 4. The predicted molar refractivity (Wildman–Crippen MR) is 102 cm³/mol. The first-order valence-corrected chi connectivity index (χ1v) is 8.90. The van der Waals surface area contributed by atoms with Crippen LogP contribution in [0.1, 0.15) is 63.1 Å². The zero-order chi connectivity index (χ0) is 19.8. The largest absolute Gasteiger partial charge is 0.355 e. The molecule has 0 fully saturated rings. The van der Waals surface area contributed by atoms with E-state index >= 15 is 0 Å². The van der Waals surface area contributed by atoms with Crippen LogP contribution >= 0.6 is 0 Å². The van der Waals surface area contributed by atoms with Gasteiger partial charge in [-0.15, -0.1) is 0 Å². The maximum atomic E-state index is 12.5. The summed E-state index contributed by atoms with van der Waals surface area (Å²) in [6, 6.07) is 8.71. The molecule has 1 aromatic carbocycles. The van der Waals surface area contributed by atoms with Crippen LogP contribution in [0.5, 0.6) is 0 Å². The van der Waals surface area contributed by atoms with Crippen LogP contribution in [0.2, 0.25) is 0 Å². The fourth-order valence-corrected chi connectivity index (χ4v) is 3.13. The summed E-state index contributed by atoms with van der Waals surface area (Å²) >= 11 is 0. The molecule has 27 heavy (non-hydrogen) atoms. The van der Waals surface area contributed by atoms with Gasteiger partial charge in [0, 0.05) is 30.9 Å². The van der Waals surface area contributed by atoms with Crippen LogP contribution in [-0.4, -0.2) is 41.2 Å². The Kier molecular flexibility index (Phi) is 4.83. The highest BCUT2D eigenvalue weighted by molar-refractivity contribution is 6.21. The van der Waals surface area contributed by atoms with Crippen LogP contribution < -0.4 is 5.32 Å². The lowest BCUT2D eigenvalue weighted by atomic mass is 9.89. The Morgan fingerprint density at radius 2 is 1.70 bits per heavy atom. The molecule has 6 nitrogen and oxygen atoms in total. The van der Waals surface area contributed by atoms with Gasteiger partial charge in [-0.3, -0.25) is 24.3 Å². The number of imide groups is 1. The van der Waals surface area contributed by atoms with Gasteiger partial charge >= 0.3 is 0 Å². The van der Waals surface area contributed by atoms with Crippen molar-refractivity contribution in [2.75, 3.05) is 13.6 Å². The zero-order valence-electron chi connectivity index (χ0n) is 16.0. The minimum Gasteiger partial charge on any atom is -0.355 e. The highest BCUT2D eigenvalue weighted by Crippen LogP contribution is 2.25. The molecule has 3 rings (SSSR count). The molecular formula is C21H23N3O3. The number of amides is 3. The van der Waals surface area contributed by atoms with Gasteiger partial charge in [0.1, 0.15) is 0 Å². The molecule has 0 spiro atoms. The molecule has 0 bridgehead atoms. The first-order chi connectivity index (χ1) is 12.7. The van der Waals surface area contributed by atoms with Crippen molar-refractivity contribution in [2.45, 2.75) is 32.6 Å². The van der Waals surface area contributed by atoms with E-state index in [4.69, 9.17) is 0 Å². The number of carbonyl (C=O) groups excluding carboxylic acids is 3. The Bertz CT molecular complexity index is 894. The summed E-state index contributed by atoms with van der Waals surface area (Å²) in [6.45, 7) is 6.35. The van der Waals surface area contributed by atoms with Crippen LogP contribution in [0, 0.1) is 0 Å². The van der Waals surface area contributed by atoms with Crippen molar-refractivity contribution in [1.29, 1.82) is 0 Å². The third-order valence-electron chi connectivity index (χ3n) is 4.71. The van der Waals surface area contributed by atoms with Gasteiger partial charge in [-0.2, -0.15) is 0 Å². The van der Waals surface area contributed by atoms with Crippen LogP contribution in [0.25, 0.3) is 0 Å². The smallest absolute Gasteiger partial charge is 0.261 e. The minimum absolute atomic E-state index is 0.175. The van der Waals surface area contributed by atoms with Crippen molar-refractivity contribution < 1.29 is 14.4 Å². The number of pyridine rings is 1. The lowest BCUT2D eigenvalue weighted by molar-refractivity contribution is 0.0656. The summed E-state index contributed by atoms with van der Waals surface area (Å²) in [7, 11) is 1.56. The van der Waals surface area contributed by atoms with Gasteiger partial charge in [0.05, 0.1) is 16.7 Å². The van der Waals surface area contributed by atoms with E-state index in [-0.39, 0.29) is 29.7 Å². The van der Waals surface area contributed by atoms with Crippen molar-refractivity contribution in [3.8, 4) is 0 Å². The Hall–Kier alpha value is -3.02. The molecule has 0 saturated heterocycles. The number of nitrogens with one attached hydrogen (secondary N) is 1. The van der Waals surface area contributed by atoms with Gasteiger partial charge in [-0.1, -0.05) is 32.9 Å². The van der Waals surface area contributed by atoms with Gasteiger partial charge in [0.25, 0.3) is 17.7 Å². The Morgan fingerprint density at radius 3 is 2.22 bits per heavy atom. The number of hydrogen-bond donors (Lipinski definition) is 1. The Morgan fingerprint density at radius 1 is 1.11 bits per heavy atom. The molecule has 3 amide bonds. The SMILES string of the molecule is CNC(=O)c1cnc(C(C)(C)C)cc1CCN1C(=O)c2ccccc2C1=O. The number of nitrogens with zero attached hydrogens (tertiary/aromatic N) is 2. The van der Waals surface area contributed by atoms with E-state index in [2.05, 4.69) is 10.3 Å². The van der Waals surface area contributed by atoms with Crippen LogP contribution in [0.15, 0.2) is 36.5 Å². The molecular weight excluding hydrogens is 342 g/mol. The number of hydrogen-bond acceptors (Lipinski definition) is 4.